The molecule has 4 rings (SSSR count). The van der Waals surface area contributed by atoms with Crippen molar-refractivity contribution in [2.45, 2.75) is 128 Å². The highest BCUT2D eigenvalue weighted by atomic mass is 14.4. The number of hydrogen-bond donors (Lipinski definition) is 0. The summed E-state index contributed by atoms with van der Waals surface area (Å²) in [6.45, 7) is 9.63. The third-order valence-electron chi connectivity index (χ3n) is 8.32. The van der Waals surface area contributed by atoms with E-state index in [1.165, 1.54) is 102 Å². The Morgan fingerprint density at radius 3 is 1.22 bits per heavy atom. The van der Waals surface area contributed by atoms with Crippen molar-refractivity contribution in [1.82, 2.24) is 0 Å². The topological polar surface area (TPSA) is 0 Å². The maximum Gasteiger partial charge on any atom is -0.0177 e. The monoisotopic (exact) mass is 365 g/mol. The van der Waals surface area contributed by atoms with E-state index in [4.69, 9.17) is 6.92 Å². The predicted molar refractivity (Wildman–Crippen MR) is 118 cm³/mol. The third kappa shape index (κ3) is 3.83. The Kier molecular flexibility index (Phi) is 6.20. The Balaban J connectivity index is 1.83. The van der Waals surface area contributed by atoms with E-state index in [0.29, 0.717) is 0 Å². The highest BCUT2D eigenvalue weighted by molar-refractivity contribution is 5.56. The summed E-state index contributed by atoms with van der Waals surface area (Å²) < 4.78 is 0. The quantitative estimate of drug-likeness (QED) is 0.470. The van der Waals surface area contributed by atoms with Gasteiger partial charge in [-0.05, 0) is 37.5 Å². The molecule has 1 aromatic carbocycles. The molecule has 3 aliphatic carbocycles. The molecule has 3 aliphatic rings. The molecule has 0 heteroatoms. The van der Waals surface area contributed by atoms with Crippen LogP contribution in [0.5, 0.6) is 0 Å². The van der Waals surface area contributed by atoms with Crippen molar-refractivity contribution in [3.63, 3.8) is 0 Å². The zero-order valence-electron chi connectivity index (χ0n) is 18.0. The van der Waals surface area contributed by atoms with Gasteiger partial charge in [0.2, 0.25) is 0 Å². The second-order valence-corrected chi connectivity index (χ2v) is 9.97. The van der Waals surface area contributed by atoms with E-state index in [9.17, 15) is 0 Å². The molecule has 0 aliphatic heterocycles. The van der Waals surface area contributed by atoms with Crippen LogP contribution < -0.4 is 0 Å². The molecule has 0 aromatic heterocycles. The first-order valence-corrected chi connectivity index (χ1v) is 12.2. The molecule has 1 aromatic rings. The van der Waals surface area contributed by atoms with Crippen molar-refractivity contribution in [3.05, 3.63) is 40.3 Å². The second-order valence-electron chi connectivity index (χ2n) is 9.97. The van der Waals surface area contributed by atoms with Crippen LogP contribution in [0.25, 0.3) is 0 Å². The van der Waals surface area contributed by atoms with Gasteiger partial charge in [-0.2, -0.15) is 12.5 Å². The van der Waals surface area contributed by atoms with Gasteiger partial charge in [0.05, 0.1) is 0 Å². The lowest BCUT2D eigenvalue weighted by Crippen LogP contribution is -2.19. The fraction of sp³-hybridized carbons (Fsp3) is 0.741. The van der Waals surface area contributed by atoms with E-state index >= 15 is 0 Å². The van der Waals surface area contributed by atoms with Crippen LogP contribution in [-0.4, -0.2) is 0 Å². The normalized spacial score (nSPS) is 23.6. The molecule has 0 N–H and O–H groups in total. The van der Waals surface area contributed by atoms with Gasteiger partial charge in [-0.15, -0.1) is 11.1 Å². The molecule has 0 saturated heterocycles. The Bertz CT molecular complexity index is 635. The molecule has 0 radical (unpaired) electrons. The largest absolute Gasteiger partial charge is 0.198 e. The Hall–Kier alpha value is -0.910. The van der Waals surface area contributed by atoms with Crippen LogP contribution in [0, 0.1) is 20.8 Å². The molecule has 3 saturated carbocycles. The average molecular weight is 366 g/mol. The predicted octanol–water partition coefficient (Wildman–Crippen LogP) is 8.63. The highest BCUT2D eigenvalue weighted by Crippen LogP contribution is 2.48. The Morgan fingerprint density at radius 2 is 0.815 bits per heavy atom. The summed E-state index contributed by atoms with van der Waals surface area (Å²) in [5.74, 6) is 2.43. The zero-order chi connectivity index (χ0) is 18.8. The molecular formula is C27H41-. The van der Waals surface area contributed by atoms with Gasteiger partial charge in [-0.25, -0.2) is 0 Å². The summed E-state index contributed by atoms with van der Waals surface area (Å²) >= 11 is 0. The van der Waals surface area contributed by atoms with E-state index < -0.39 is 0 Å². The lowest BCUT2D eigenvalue weighted by Gasteiger charge is -2.41. The van der Waals surface area contributed by atoms with Crippen molar-refractivity contribution < 1.29 is 0 Å². The summed E-state index contributed by atoms with van der Waals surface area (Å²) in [4.78, 5) is 0. The minimum atomic E-state index is 0.785. The van der Waals surface area contributed by atoms with Crippen molar-refractivity contribution >= 4 is 0 Å². The van der Waals surface area contributed by atoms with Gasteiger partial charge in [-0.3, -0.25) is 0 Å². The van der Waals surface area contributed by atoms with E-state index in [1.54, 1.807) is 22.3 Å². The smallest absolute Gasteiger partial charge is 0.0177 e. The molecule has 0 atom stereocenters. The van der Waals surface area contributed by atoms with Crippen LogP contribution >= 0.6 is 0 Å². The zero-order valence-corrected chi connectivity index (χ0v) is 18.0. The summed E-state index contributed by atoms with van der Waals surface area (Å²) in [5.41, 5.74) is 10.0. The average Bonchev–Trinajstić information content (AvgIpc) is 2.73. The lowest BCUT2D eigenvalue weighted by molar-refractivity contribution is 0.412. The molecule has 0 spiro atoms. The van der Waals surface area contributed by atoms with Crippen molar-refractivity contribution in [2.24, 2.45) is 0 Å². The van der Waals surface area contributed by atoms with E-state index in [0.717, 1.165) is 17.8 Å². The molecule has 0 nitrogen and oxygen atoms in total. The van der Waals surface area contributed by atoms with Crippen LogP contribution in [-0.2, 0) is 0 Å². The molecule has 0 heterocycles. The van der Waals surface area contributed by atoms with Gasteiger partial charge in [0, 0.05) is 0 Å². The molecule has 0 bridgehead atoms. The first-order valence-electron chi connectivity index (χ1n) is 12.2. The van der Waals surface area contributed by atoms with Crippen LogP contribution in [0.15, 0.2) is 0 Å². The molecule has 3 fully saturated rings. The summed E-state index contributed by atoms with van der Waals surface area (Å²) in [6.07, 6.45) is 21.4. The van der Waals surface area contributed by atoms with Gasteiger partial charge >= 0.3 is 0 Å². The highest BCUT2D eigenvalue weighted by Gasteiger charge is 2.28. The second kappa shape index (κ2) is 8.62. The molecule has 150 valence electrons. The Morgan fingerprint density at radius 1 is 0.481 bits per heavy atom. The van der Waals surface area contributed by atoms with E-state index in [-0.39, 0.29) is 0 Å². The number of rotatable bonds is 3. The fourth-order valence-electron chi connectivity index (χ4n) is 6.92. The van der Waals surface area contributed by atoms with Crippen LogP contribution in [0.3, 0.4) is 0 Å². The first-order chi connectivity index (χ1) is 13.2. The van der Waals surface area contributed by atoms with Gasteiger partial charge in [0.15, 0.2) is 0 Å². The van der Waals surface area contributed by atoms with Crippen molar-refractivity contribution in [1.29, 1.82) is 0 Å². The molecule has 27 heavy (non-hydrogen) atoms. The van der Waals surface area contributed by atoms with Crippen molar-refractivity contribution in [2.75, 3.05) is 0 Å². The standard InChI is InChI=1S/C27H41/c1-19-20(2)26(23-15-9-5-10-16-23)27(24-17-11-6-12-18-24)21(3)25(19)22-13-7-4-8-14-22/h22-24H,1,4-18H2,2-3H3/q-1. The maximum absolute atomic E-state index is 4.70. The summed E-state index contributed by atoms with van der Waals surface area (Å²) in [5, 5.41) is 0. The number of hydrogen-bond acceptors (Lipinski definition) is 0. The van der Waals surface area contributed by atoms with Gasteiger partial charge < -0.3 is 0 Å². The molecule has 0 unspecified atom stereocenters. The third-order valence-corrected chi connectivity index (χ3v) is 8.32. The minimum Gasteiger partial charge on any atom is -0.198 e. The minimum absolute atomic E-state index is 0.785. The van der Waals surface area contributed by atoms with Crippen LogP contribution in [0.2, 0.25) is 0 Å². The lowest BCUT2D eigenvalue weighted by atomic mass is 9.68. The van der Waals surface area contributed by atoms with Gasteiger partial charge in [0.1, 0.15) is 0 Å². The van der Waals surface area contributed by atoms with Crippen LogP contribution in [0.4, 0.5) is 0 Å². The summed E-state index contributed by atoms with van der Waals surface area (Å²) in [6, 6.07) is 0. The van der Waals surface area contributed by atoms with Crippen molar-refractivity contribution in [3.8, 4) is 0 Å². The number of benzene rings is 1. The van der Waals surface area contributed by atoms with E-state index in [1.807, 2.05) is 5.56 Å². The maximum atomic E-state index is 4.70. The fourth-order valence-corrected chi connectivity index (χ4v) is 6.92. The Labute approximate surface area is 168 Å². The van der Waals surface area contributed by atoms with Gasteiger partial charge in [0.25, 0.3) is 0 Å². The SMILES string of the molecule is [CH2-]c1c(C)c(C2CCCCC2)c(C2CCCCC2)c(C)c1C1CCCCC1. The van der Waals surface area contributed by atoms with Gasteiger partial charge in [-0.1, -0.05) is 107 Å². The van der Waals surface area contributed by atoms with E-state index in [2.05, 4.69) is 13.8 Å². The van der Waals surface area contributed by atoms with Crippen LogP contribution in [0.1, 0.15) is 147 Å². The first kappa shape index (κ1) is 19.4. The molecule has 0 amide bonds. The molecular weight excluding hydrogens is 324 g/mol. The summed E-state index contributed by atoms with van der Waals surface area (Å²) in [7, 11) is 0.